The van der Waals surface area contributed by atoms with Gasteiger partial charge >= 0.3 is 0 Å². The van der Waals surface area contributed by atoms with Gasteiger partial charge in [-0.2, -0.15) is 0 Å². The molecule has 2 saturated heterocycles. The molecular formula is C30H30Cl3N3O4. The Morgan fingerprint density at radius 2 is 1.73 bits per heavy atom. The molecule has 3 fully saturated rings. The van der Waals surface area contributed by atoms with Crippen molar-refractivity contribution in [3.05, 3.63) is 75.2 Å². The number of rotatable bonds is 6. The SMILES string of the molecule is C[C@]12C=C[C@]3(O1)[C@@H](C(=O)N(Cc1ccccc1Cl)[C@@H]3C(=O)NC1CCCCC1)[C@H]2C(=O)Nc1ccc(Cl)c(Cl)c1. The molecule has 3 amide bonds. The Kier molecular flexibility index (Phi) is 7.14. The van der Waals surface area contributed by atoms with Gasteiger partial charge in [-0.15, -0.1) is 0 Å². The molecule has 1 saturated carbocycles. The first-order chi connectivity index (χ1) is 19.1. The number of hydrogen-bond donors (Lipinski definition) is 2. The van der Waals surface area contributed by atoms with Crippen molar-refractivity contribution in [3.63, 3.8) is 0 Å². The van der Waals surface area contributed by atoms with Gasteiger partial charge < -0.3 is 20.3 Å². The number of likely N-dealkylation sites (tertiary alicyclic amines) is 1. The number of carbonyl (C=O) groups is 3. The fourth-order valence-corrected chi connectivity index (χ4v) is 7.42. The molecule has 1 spiro atoms. The molecule has 0 unspecified atom stereocenters. The molecule has 2 aromatic rings. The highest BCUT2D eigenvalue weighted by atomic mass is 35.5. The third-order valence-corrected chi connectivity index (χ3v) is 9.87. The zero-order valence-corrected chi connectivity index (χ0v) is 24.2. The molecule has 0 aromatic heterocycles. The number of nitrogens with zero attached hydrogens (tertiary/aromatic N) is 1. The van der Waals surface area contributed by atoms with E-state index in [1.165, 1.54) is 0 Å². The standard InChI is InChI=1S/C30H30Cl3N3O4/c1-29-13-14-30(40-29)24(23(29)26(37)35-19-11-12-21(32)22(33)15-19)28(39)36(16-17-7-5-6-10-20(17)31)25(30)27(38)34-18-8-3-2-4-9-18/h5-7,10-15,18,23-25H,2-4,8-9,16H2,1H3,(H,34,38)(H,35,37)/t23-,24+,25+,29+,30-/m0/s1. The number of amides is 3. The Morgan fingerprint density at radius 3 is 2.45 bits per heavy atom. The van der Waals surface area contributed by atoms with Crippen LogP contribution in [0.3, 0.4) is 0 Å². The van der Waals surface area contributed by atoms with Gasteiger partial charge in [0.05, 0.1) is 27.5 Å². The summed E-state index contributed by atoms with van der Waals surface area (Å²) in [7, 11) is 0. The predicted octanol–water partition coefficient (Wildman–Crippen LogP) is 5.78. The quantitative estimate of drug-likeness (QED) is 0.411. The van der Waals surface area contributed by atoms with Crippen LogP contribution in [0.15, 0.2) is 54.6 Å². The zero-order valence-electron chi connectivity index (χ0n) is 22.0. The van der Waals surface area contributed by atoms with E-state index in [1.807, 2.05) is 30.4 Å². The van der Waals surface area contributed by atoms with Crippen LogP contribution in [0.4, 0.5) is 5.69 Å². The lowest BCUT2D eigenvalue weighted by Gasteiger charge is -2.34. The van der Waals surface area contributed by atoms with E-state index in [-0.39, 0.29) is 24.4 Å². The highest BCUT2D eigenvalue weighted by Gasteiger charge is 2.76. The summed E-state index contributed by atoms with van der Waals surface area (Å²) < 4.78 is 6.60. The van der Waals surface area contributed by atoms with E-state index in [0.29, 0.717) is 26.3 Å². The minimum atomic E-state index is -1.29. The van der Waals surface area contributed by atoms with Crippen molar-refractivity contribution >= 4 is 58.2 Å². The van der Waals surface area contributed by atoms with Crippen LogP contribution in [-0.4, -0.2) is 45.9 Å². The molecule has 40 heavy (non-hydrogen) atoms. The maximum Gasteiger partial charge on any atom is 0.246 e. The van der Waals surface area contributed by atoms with Crippen molar-refractivity contribution in [2.75, 3.05) is 5.32 Å². The number of benzene rings is 2. The molecule has 3 aliphatic heterocycles. The van der Waals surface area contributed by atoms with E-state index in [4.69, 9.17) is 39.5 Å². The lowest BCUT2D eigenvalue weighted by atomic mass is 9.70. The van der Waals surface area contributed by atoms with Crippen molar-refractivity contribution < 1.29 is 19.1 Å². The van der Waals surface area contributed by atoms with E-state index in [2.05, 4.69) is 10.6 Å². The lowest BCUT2D eigenvalue weighted by Crippen LogP contribution is -2.56. The average Bonchev–Trinajstić information content (AvgIpc) is 3.49. The summed E-state index contributed by atoms with van der Waals surface area (Å²) >= 11 is 18.7. The second kappa shape index (κ2) is 10.4. The molecule has 2 bridgehead atoms. The summed E-state index contributed by atoms with van der Waals surface area (Å²) in [6.07, 6.45) is 8.69. The van der Waals surface area contributed by atoms with Gasteiger partial charge in [0.1, 0.15) is 11.6 Å². The molecule has 3 heterocycles. The van der Waals surface area contributed by atoms with Crippen LogP contribution >= 0.6 is 34.8 Å². The Bertz CT molecular complexity index is 1410. The summed E-state index contributed by atoms with van der Waals surface area (Å²) in [5, 5.41) is 7.25. The van der Waals surface area contributed by atoms with Crippen LogP contribution in [0.25, 0.3) is 0 Å². The van der Waals surface area contributed by atoms with Gasteiger partial charge in [0, 0.05) is 23.3 Å². The minimum absolute atomic E-state index is 0.0425. The van der Waals surface area contributed by atoms with Crippen molar-refractivity contribution in [1.29, 1.82) is 0 Å². The molecular weight excluding hydrogens is 573 g/mol. The number of ether oxygens (including phenoxy) is 1. The highest BCUT2D eigenvalue weighted by Crippen LogP contribution is 2.60. The summed E-state index contributed by atoms with van der Waals surface area (Å²) in [5.74, 6) is -2.74. The number of anilines is 1. The van der Waals surface area contributed by atoms with Crippen molar-refractivity contribution in [2.24, 2.45) is 11.8 Å². The van der Waals surface area contributed by atoms with E-state index < -0.39 is 35.0 Å². The van der Waals surface area contributed by atoms with Gasteiger partial charge in [0.25, 0.3) is 0 Å². The van der Waals surface area contributed by atoms with E-state index >= 15 is 0 Å². The number of halogens is 3. The number of carbonyl (C=O) groups excluding carboxylic acids is 3. The fourth-order valence-electron chi connectivity index (χ4n) is 6.93. The van der Waals surface area contributed by atoms with E-state index in [9.17, 15) is 14.4 Å². The second-order valence-electron chi connectivity index (χ2n) is 11.3. The summed E-state index contributed by atoms with van der Waals surface area (Å²) in [4.78, 5) is 43.7. The molecule has 6 rings (SSSR count). The smallest absolute Gasteiger partial charge is 0.246 e. The minimum Gasteiger partial charge on any atom is -0.356 e. The van der Waals surface area contributed by atoms with Gasteiger partial charge in [0.15, 0.2) is 0 Å². The zero-order chi connectivity index (χ0) is 28.2. The van der Waals surface area contributed by atoms with Crippen molar-refractivity contribution in [3.8, 4) is 0 Å². The highest BCUT2D eigenvalue weighted by molar-refractivity contribution is 6.42. The normalized spacial score (nSPS) is 30.9. The average molecular weight is 603 g/mol. The third-order valence-electron chi connectivity index (χ3n) is 8.76. The van der Waals surface area contributed by atoms with Crippen LogP contribution in [0, 0.1) is 11.8 Å². The molecule has 2 N–H and O–H groups in total. The van der Waals surface area contributed by atoms with Crippen molar-refractivity contribution in [2.45, 2.75) is 68.9 Å². The van der Waals surface area contributed by atoms with Gasteiger partial charge in [-0.05, 0) is 49.6 Å². The van der Waals surface area contributed by atoms with Gasteiger partial charge in [-0.25, -0.2) is 0 Å². The monoisotopic (exact) mass is 601 g/mol. The number of hydrogen-bond acceptors (Lipinski definition) is 4. The number of fused-ring (bicyclic) bond motifs is 1. The van der Waals surface area contributed by atoms with Gasteiger partial charge in [-0.3, -0.25) is 14.4 Å². The molecule has 210 valence electrons. The van der Waals surface area contributed by atoms with Crippen LogP contribution in [-0.2, 0) is 25.7 Å². The maximum atomic E-state index is 14.3. The molecule has 2 aromatic carbocycles. The van der Waals surface area contributed by atoms with Crippen LogP contribution < -0.4 is 10.6 Å². The second-order valence-corrected chi connectivity index (χ2v) is 12.6. The summed E-state index contributed by atoms with van der Waals surface area (Å²) in [6, 6.07) is 11.1. The topological polar surface area (TPSA) is 87.7 Å². The van der Waals surface area contributed by atoms with E-state index in [0.717, 1.165) is 32.1 Å². The van der Waals surface area contributed by atoms with Gasteiger partial charge in [-0.1, -0.05) is 84.4 Å². The summed E-state index contributed by atoms with van der Waals surface area (Å²) in [6.45, 7) is 1.91. The molecule has 0 radical (unpaired) electrons. The maximum absolute atomic E-state index is 14.3. The Labute approximate surface area is 248 Å². The fraction of sp³-hybridized carbons (Fsp3) is 0.433. The molecule has 4 aliphatic rings. The van der Waals surface area contributed by atoms with Crippen LogP contribution in [0.2, 0.25) is 15.1 Å². The summed E-state index contributed by atoms with van der Waals surface area (Å²) in [5.41, 5.74) is -1.19. The Hall–Kier alpha value is -2.58. The Morgan fingerprint density at radius 1 is 0.975 bits per heavy atom. The predicted molar refractivity (Wildman–Crippen MR) is 154 cm³/mol. The van der Waals surface area contributed by atoms with E-state index in [1.54, 1.807) is 36.1 Å². The Balaban J connectivity index is 1.36. The first-order valence-corrected chi connectivity index (χ1v) is 14.8. The largest absolute Gasteiger partial charge is 0.356 e. The number of nitrogens with one attached hydrogen (secondary N) is 2. The van der Waals surface area contributed by atoms with Crippen LogP contribution in [0.1, 0.15) is 44.6 Å². The van der Waals surface area contributed by atoms with Crippen molar-refractivity contribution in [1.82, 2.24) is 10.2 Å². The lowest BCUT2D eigenvalue weighted by molar-refractivity contribution is -0.145. The molecule has 10 heteroatoms. The van der Waals surface area contributed by atoms with Gasteiger partial charge in [0.2, 0.25) is 17.7 Å². The third kappa shape index (κ3) is 4.51. The molecule has 7 nitrogen and oxygen atoms in total. The molecule has 5 atom stereocenters. The van der Waals surface area contributed by atoms with Crippen LogP contribution in [0.5, 0.6) is 0 Å². The first kappa shape index (κ1) is 27.6. The first-order valence-electron chi connectivity index (χ1n) is 13.6. The molecule has 1 aliphatic carbocycles.